The number of rotatable bonds is 9. The lowest BCUT2D eigenvalue weighted by molar-refractivity contribution is -0.694. The summed E-state index contributed by atoms with van der Waals surface area (Å²) in [5.74, 6) is 0.837. The number of amides is 1. The number of hydrogen-bond donors (Lipinski definition) is 2. The molecule has 1 saturated carbocycles. The fourth-order valence-corrected chi connectivity index (χ4v) is 5.66. The summed E-state index contributed by atoms with van der Waals surface area (Å²) in [5, 5.41) is 3.70. The van der Waals surface area contributed by atoms with Crippen LogP contribution in [0.2, 0.25) is 5.02 Å². The van der Waals surface area contributed by atoms with Crippen LogP contribution in [0.4, 0.5) is 5.69 Å². The minimum absolute atomic E-state index is 0.107. The van der Waals surface area contributed by atoms with Gasteiger partial charge in [0.25, 0.3) is 11.7 Å². The summed E-state index contributed by atoms with van der Waals surface area (Å²) >= 11 is 6.56. The molecule has 0 radical (unpaired) electrons. The first kappa shape index (κ1) is 26.2. The third-order valence-electron chi connectivity index (χ3n) is 7.54. The maximum Gasteiger partial charge on any atom is 0.274 e. The minimum Gasteiger partial charge on any atom is -0.369 e. The van der Waals surface area contributed by atoms with E-state index in [2.05, 4.69) is 57.8 Å². The molecule has 0 saturated heterocycles. The lowest BCUT2D eigenvalue weighted by Crippen LogP contribution is -2.42. The van der Waals surface area contributed by atoms with Gasteiger partial charge in [0.1, 0.15) is 25.5 Å². The summed E-state index contributed by atoms with van der Waals surface area (Å²) in [6.07, 6.45) is 8.59. The van der Waals surface area contributed by atoms with Crippen molar-refractivity contribution in [3.05, 3.63) is 82.4 Å². The number of carbonyl (C=O) groups is 1. The number of nitrogens with zero attached hydrogens (tertiary/aromatic N) is 3. The molecule has 3 aromatic rings. The topological polar surface area (TPSA) is 55.3 Å². The van der Waals surface area contributed by atoms with E-state index in [0.717, 1.165) is 43.0 Å². The number of aromatic amines is 1. The number of imidazole rings is 1. The van der Waals surface area contributed by atoms with Gasteiger partial charge in [0.2, 0.25) is 0 Å². The first-order chi connectivity index (χ1) is 17.4. The van der Waals surface area contributed by atoms with Crippen molar-refractivity contribution < 1.29 is 9.36 Å². The number of aromatic nitrogens is 2. The van der Waals surface area contributed by atoms with Crippen LogP contribution in [0.3, 0.4) is 0 Å². The molecule has 192 valence electrons. The van der Waals surface area contributed by atoms with Crippen LogP contribution in [0.25, 0.3) is 0 Å². The summed E-state index contributed by atoms with van der Waals surface area (Å²) in [6, 6.07) is 15.2. The second-order valence-electron chi connectivity index (χ2n) is 10.0. The molecule has 1 aromatic heterocycles. The van der Waals surface area contributed by atoms with Gasteiger partial charge in [-0.3, -0.25) is 4.79 Å². The van der Waals surface area contributed by atoms with E-state index in [1.165, 1.54) is 18.4 Å². The summed E-state index contributed by atoms with van der Waals surface area (Å²) in [6.45, 7) is 6.28. The largest absolute Gasteiger partial charge is 0.369 e. The van der Waals surface area contributed by atoms with Crippen molar-refractivity contribution in [1.82, 2.24) is 15.2 Å². The number of carbonyl (C=O) groups excluding carboxylic acids is 1. The van der Waals surface area contributed by atoms with E-state index in [4.69, 9.17) is 11.6 Å². The fraction of sp³-hybridized carbons (Fsp3) is 0.448. The number of benzene rings is 2. The van der Waals surface area contributed by atoms with Crippen LogP contribution >= 0.6 is 11.6 Å². The molecule has 0 unspecified atom stereocenters. The fourth-order valence-electron chi connectivity index (χ4n) is 5.45. The van der Waals surface area contributed by atoms with Crippen LogP contribution in [0.5, 0.6) is 0 Å². The average Bonchev–Trinajstić information content (AvgIpc) is 3.32. The highest BCUT2D eigenvalue weighted by molar-refractivity contribution is 6.31. The number of H-pyrrole nitrogens is 1. The zero-order valence-corrected chi connectivity index (χ0v) is 22.7. The van der Waals surface area contributed by atoms with Crippen LogP contribution in [0.15, 0.2) is 54.9 Å². The number of anilines is 1. The third kappa shape index (κ3) is 6.11. The Morgan fingerprint density at radius 2 is 1.81 bits per heavy atom. The van der Waals surface area contributed by atoms with Crippen LogP contribution < -0.4 is 14.8 Å². The zero-order valence-electron chi connectivity index (χ0n) is 21.9. The molecule has 0 spiro atoms. The summed E-state index contributed by atoms with van der Waals surface area (Å²) in [7, 11) is 4.34. The Balaban J connectivity index is 1.47. The highest BCUT2D eigenvalue weighted by atomic mass is 35.5. The van der Waals surface area contributed by atoms with Gasteiger partial charge in [-0.1, -0.05) is 41.9 Å². The highest BCUT2D eigenvalue weighted by Gasteiger charge is 2.28. The minimum atomic E-state index is -0.107. The molecule has 0 bridgehead atoms. The second-order valence-corrected chi connectivity index (χ2v) is 10.4. The lowest BCUT2D eigenvalue weighted by atomic mass is 9.89. The van der Waals surface area contributed by atoms with E-state index >= 15 is 0 Å². The molecule has 2 N–H and O–H groups in total. The van der Waals surface area contributed by atoms with E-state index in [0.29, 0.717) is 29.2 Å². The maximum atomic E-state index is 13.3. The number of halogens is 1. The Morgan fingerprint density at radius 3 is 2.47 bits per heavy atom. The molecule has 2 aromatic carbocycles. The van der Waals surface area contributed by atoms with Crippen LogP contribution in [-0.2, 0) is 13.1 Å². The van der Waals surface area contributed by atoms with Gasteiger partial charge in [-0.2, -0.15) is 0 Å². The predicted octanol–water partition coefficient (Wildman–Crippen LogP) is 4.94. The smallest absolute Gasteiger partial charge is 0.274 e. The molecule has 1 heterocycles. The number of hydrogen-bond acceptors (Lipinski definition) is 3. The molecule has 7 heteroatoms. The van der Waals surface area contributed by atoms with Crippen molar-refractivity contribution in [3.63, 3.8) is 0 Å². The van der Waals surface area contributed by atoms with Gasteiger partial charge >= 0.3 is 0 Å². The second kappa shape index (κ2) is 11.9. The quantitative estimate of drug-likeness (QED) is 0.402. The van der Waals surface area contributed by atoms with Crippen LogP contribution in [0, 0.1) is 6.92 Å². The van der Waals surface area contributed by atoms with E-state index in [9.17, 15) is 4.79 Å². The Kier molecular flexibility index (Phi) is 8.70. The van der Waals surface area contributed by atoms with Crippen molar-refractivity contribution in [2.45, 2.75) is 64.7 Å². The normalized spacial score (nSPS) is 17.8. The molecule has 1 amide bonds. The van der Waals surface area contributed by atoms with Crippen molar-refractivity contribution in [1.29, 1.82) is 0 Å². The van der Waals surface area contributed by atoms with Gasteiger partial charge in [0, 0.05) is 34.9 Å². The molecule has 1 fully saturated rings. The van der Waals surface area contributed by atoms with Gasteiger partial charge in [-0.15, -0.1) is 0 Å². The highest BCUT2D eigenvalue weighted by Crippen LogP contribution is 2.34. The number of nitrogens with one attached hydrogen (secondary N) is 2. The molecular formula is C29H39ClN5O+. The lowest BCUT2D eigenvalue weighted by Gasteiger charge is -2.40. The van der Waals surface area contributed by atoms with E-state index < -0.39 is 0 Å². The van der Waals surface area contributed by atoms with Crippen molar-refractivity contribution >= 4 is 23.2 Å². The molecule has 1 aliphatic rings. The van der Waals surface area contributed by atoms with Crippen LogP contribution in [0.1, 0.15) is 59.9 Å². The molecule has 4 rings (SSSR count). The Hall–Kier alpha value is -2.83. The standard InChI is InChI=1S/C29H38ClN5O/c1-5-35(25-13-11-24(12-14-25)33(3)4)27-18-23(30)17-26(21(27)2)29(36)32-19-28-31-15-16-34(28)20-22-9-7-6-8-10-22/h6-10,15-18,24-25H,5,11-14,19-20H2,1-4H3,(H,32,36)/p+1. The van der Waals surface area contributed by atoms with E-state index in [-0.39, 0.29) is 5.91 Å². The predicted molar refractivity (Wildman–Crippen MR) is 147 cm³/mol. The zero-order chi connectivity index (χ0) is 25.7. The van der Waals surface area contributed by atoms with Crippen molar-refractivity contribution in [2.75, 3.05) is 25.5 Å². The Bertz CT molecular complexity index is 1150. The first-order valence-electron chi connectivity index (χ1n) is 13.0. The summed E-state index contributed by atoms with van der Waals surface area (Å²) in [4.78, 5) is 21.4. The molecule has 6 nitrogen and oxygen atoms in total. The van der Waals surface area contributed by atoms with E-state index in [1.54, 1.807) is 6.07 Å². The third-order valence-corrected chi connectivity index (χ3v) is 7.76. The van der Waals surface area contributed by atoms with Gasteiger partial charge in [-0.05, 0) is 76.9 Å². The Morgan fingerprint density at radius 1 is 1.11 bits per heavy atom. The van der Waals surface area contributed by atoms with Crippen molar-refractivity contribution in [3.8, 4) is 0 Å². The molecule has 1 aliphatic carbocycles. The van der Waals surface area contributed by atoms with Gasteiger partial charge in [-0.25, -0.2) is 9.55 Å². The first-order valence-corrected chi connectivity index (χ1v) is 13.4. The molecule has 0 atom stereocenters. The van der Waals surface area contributed by atoms with Gasteiger partial charge in [0.05, 0.1) is 0 Å². The average molecular weight is 509 g/mol. The van der Waals surface area contributed by atoms with Gasteiger partial charge in [0.15, 0.2) is 0 Å². The van der Waals surface area contributed by atoms with E-state index in [1.807, 2.05) is 43.6 Å². The van der Waals surface area contributed by atoms with Crippen molar-refractivity contribution in [2.24, 2.45) is 0 Å². The monoisotopic (exact) mass is 508 g/mol. The summed E-state index contributed by atoms with van der Waals surface area (Å²) < 4.78 is 2.12. The molecule has 36 heavy (non-hydrogen) atoms. The molecular weight excluding hydrogens is 470 g/mol. The van der Waals surface area contributed by atoms with Gasteiger partial charge < -0.3 is 15.1 Å². The maximum absolute atomic E-state index is 13.3. The summed E-state index contributed by atoms with van der Waals surface area (Å²) in [5.41, 5.74) is 3.91. The SMILES string of the molecule is CCN(c1cc(Cl)cc(C(=O)NCc2[nH]cc[n+]2Cc2ccccc2)c1C)C1CCC(N(C)C)CC1. The Labute approximate surface area is 220 Å². The van der Waals surface area contributed by atoms with Crippen LogP contribution in [-0.4, -0.2) is 48.5 Å². The molecule has 0 aliphatic heterocycles.